The van der Waals surface area contributed by atoms with Gasteiger partial charge in [0, 0.05) is 32.3 Å². The molecule has 0 fully saturated rings. The number of benzene rings is 1. The quantitative estimate of drug-likeness (QED) is 0.723. The lowest BCUT2D eigenvalue weighted by Gasteiger charge is -2.20. The molecular formula is C14H20ClNO4. The third kappa shape index (κ3) is 4.58. The van der Waals surface area contributed by atoms with Crippen molar-refractivity contribution in [3.63, 3.8) is 0 Å². The largest absolute Gasteiger partial charge is 0.497 e. The third-order valence-corrected chi connectivity index (χ3v) is 3.03. The number of hydrogen-bond donors (Lipinski definition) is 0. The summed E-state index contributed by atoms with van der Waals surface area (Å²) < 4.78 is 15.3. The summed E-state index contributed by atoms with van der Waals surface area (Å²) in [6, 6.07) is 5.05. The maximum Gasteiger partial charge on any atom is 0.253 e. The fourth-order valence-corrected chi connectivity index (χ4v) is 2.10. The van der Waals surface area contributed by atoms with Crippen LogP contribution >= 0.6 is 11.6 Å². The van der Waals surface area contributed by atoms with Gasteiger partial charge in [-0.15, -0.1) is 11.6 Å². The predicted octanol–water partition coefficient (Wildman–Crippen LogP) is 2.03. The minimum absolute atomic E-state index is 0.149. The van der Waals surface area contributed by atoms with E-state index in [0.717, 1.165) is 0 Å². The summed E-state index contributed by atoms with van der Waals surface area (Å²) >= 11 is 6.06. The van der Waals surface area contributed by atoms with Gasteiger partial charge in [0.25, 0.3) is 5.91 Å². The van der Waals surface area contributed by atoms with Crippen molar-refractivity contribution in [3.8, 4) is 11.5 Å². The normalized spacial score (nSPS) is 11.8. The number of amides is 1. The summed E-state index contributed by atoms with van der Waals surface area (Å²) in [7, 11) is 6.35. The zero-order chi connectivity index (χ0) is 15.1. The van der Waals surface area contributed by atoms with Gasteiger partial charge in [-0.25, -0.2) is 0 Å². The van der Waals surface area contributed by atoms with Crippen molar-refractivity contribution in [2.24, 2.45) is 0 Å². The molecule has 112 valence electrons. The number of alkyl halides is 1. The standard InChI is InChI=1S/C14H20ClNO4/c1-16(8-11(15)9-18-2)14(17)10-5-12(19-3)7-13(6-10)20-4/h5-7,11H,8-9H2,1-4H3. The van der Waals surface area contributed by atoms with Crippen LogP contribution in [0.1, 0.15) is 10.4 Å². The molecule has 0 aliphatic rings. The molecular weight excluding hydrogens is 282 g/mol. The Labute approximate surface area is 124 Å². The first-order valence-electron chi connectivity index (χ1n) is 6.13. The number of nitrogens with zero attached hydrogens (tertiary/aromatic N) is 1. The molecule has 0 heterocycles. The Morgan fingerprint density at radius 3 is 2.20 bits per heavy atom. The molecule has 0 aliphatic heterocycles. The average molecular weight is 302 g/mol. The zero-order valence-electron chi connectivity index (χ0n) is 12.2. The lowest BCUT2D eigenvalue weighted by atomic mass is 10.1. The van der Waals surface area contributed by atoms with Crippen LogP contribution in [0.15, 0.2) is 18.2 Å². The molecule has 0 bridgehead atoms. The van der Waals surface area contributed by atoms with Crippen molar-refractivity contribution < 1.29 is 19.0 Å². The molecule has 1 aromatic rings. The van der Waals surface area contributed by atoms with E-state index in [4.69, 9.17) is 25.8 Å². The van der Waals surface area contributed by atoms with Crippen molar-refractivity contribution >= 4 is 17.5 Å². The Morgan fingerprint density at radius 1 is 1.20 bits per heavy atom. The van der Waals surface area contributed by atoms with Crippen LogP contribution in [-0.2, 0) is 4.74 Å². The second-order valence-electron chi connectivity index (χ2n) is 4.34. The van der Waals surface area contributed by atoms with E-state index in [1.807, 2.05) is 0 Å². The molecule has 0 saturated heterocycles. The minimum atomic E-state index is -0.249. The molecule has 0 radical (unpaired) electrons. The van der Waals surface area contributed by atoms with Crippen LogP contribution in [0.25, 0.3) is 0 Å². The summed E-state index contributed by atoms with van der Waals surface area (Å²) in [6.45, 7) is 0.786. The SMILES string of the molecule is COCC(Cl)CN(C)C(=O)c1cc(OC)cc(OC)c1. The molecule has 5 nitrogen and oxygen atoms in total. The number of ether oxygens (including phenoxy) is 3. The number of methoxy groups -OCH3 is 3. The van der Waals surface area contributed by atoms with Crippen LogP contribution in [-0.4, -0.2) is 57.7 Å². The van der Waals surface area contributed by atoms with E-state index in [-0.39, 0.29) is 11.3 Å². The number of rotatable bonds is 7. The molecule has 0 N–H and O–H groups in total. The Morgan fingerprint density at radius 2 is 1.75 bits per heavy atom. The number of carbonyl (C=O) groups excluding carboxylic acids is 1. The van der Waals surface area contributed by atoms with Gasteiger partial charge in [-0.2, -0.15) is 0 Å². The first-order chi connectivity index (χ1) is 9.51. The van der Waals surface area contributed by atoms with E-state index in [1.165, 1.54) is 0 Å². The predicted molar refractivity (Wildman–Crippen MR) is 78.0 cm³/mol. The van der Waals surface area contributed by atoms with Crippen molar-refractivity contribution in [3.05, 3.63) is 23.8 Å². The lowest BCUT2D eigenvalue weighted by Crippen LogP contribution is -2.33. The first-order valence-corrected chi connectivity index (χ1v) is 6.57. The summed E-state index contributed by atoms with van der Waals surface area (Å²) in [6.07, 6.45) is 0. The van der Waals surface area contributed by atoms with E-state index in [1.54, 1.807) is 51.5 Å². The maximum atomic E-state index is 12.3. The Balaban J connectivity index is 2.85. The Hall–Kier alpha value is -1.46. The maximum absolute atomic E-state index is 12.3. The van der Waals surface area contributed by atoms with E-state index in [9.17, 15) is 4.79 Å². The average Bonchev–Trinajstić information content (AvgIpc) is 2.45. The minimum Gasteiger partial charge on any atom is -0.497 e. The van der Waals surface area contributed by atoms with Crippen LogP contribution in [0.5, 0.6) is 11.5 Å². The van der Waals surface area contributed by atoms with E-state index in [2.05, 4.69) is 0 Å². The highest BCUT2D eigenvalue weighted by molar-refractivity contribution is 6.21. The number of halogens is 1. The van der Waals surface area contributed by atoms with Crippen LogP contribution in [0.3, 0.4) is 0 Å². The second kappa shape index (κ2) is 7.97. The molecule has 0 aliphatic carbocycles. The van der Waals surface area contributed by atoms with E-state index < -0.39 is 0 Å². The van der Waals surface area contributed by atoms with Gasteiger partial charge < -0.3 is 19.1 Å². The Bertz CT molecular complexity index is 431. The summed E-state index contributed by atoms with van der Waals surface area (Å²) in [5, 5.41) is -0.249. The lowest BCUT2D eigenvalue weighted by molar-refractivity contribution is 0.0781. The van der Waals surface area contributed by atoms with Gasteiger partial charge in [-0.1, -0.05) is 0 Å². The van der Waals surface area contributed by atoms with Crippen LogP contribution in [0, 0.1) is 0 Å². The molecule has 1 amide bonds. The topological polar surface area (TPSA) is 48.0 Å². The second-order valence-corrected chi connectivity index (χ2v) is 4.96. The molecule has 20 heavy (non-hydrogen) atoms. The van der Waals surface area contributed by atoms with Crippen molar-refractivity contribution in [1.29, 1.82) is 0 Å². The first kappa shape index (κ1) is 16.6. The fraction of sp³-hybridized carbons (Fsp3) is 0.500. The number of hydrogen-bond acceptors (Lipinski definition) is 4. The van der Waals surface area contributed by atoms with Crippen molar-refractivity contribution in [1.82, 2.24) is 4.90 Å². The van der Waals surface area contributed by atoms with Gasteiger partial charge in [0.2, 0.25) is 0 Å². The molecule has 6 heteroatoms. The van der Waals surface area contributed by atoms with Gasteiger partial charge in [0.05, 0.1) is 26.2 Å². The molecule has 1 aromatic carbocycles. The summed E-state index contributed by atoms with van der Waals surface area (Å²) in [4.78, 5) is 13.9. The van der Waals surface area contributed by atoms with Gasteiger partial charge in [-0.05, 0) is 12.1 Å². The highest BCUT2D eigenvalue weighted by Crippen LogP contribution is 2.23. The van der Waals surface area contributed by atoms with Crippen molar-refractivity contribution in [2.75, 3.05) is 41.5 Å². The summed E-state index contributed by atoms with van der Waals surface area (Å²) in [5.41, 5.74) is 0.491. The monoisotopic (exact) mass is 301 g/mol. The van der Waals surface area contributed by atoms with E-state index >= 15 is 0 Å². The van der Waals surface area contributed by atoms with Crippen LogP contribution < -0.4 is 9.47 Å². The zero-order valence-corrected chi connectivity index (χ0v) is 12.9. The van der Waals surface area contributed by atoms with Gasteiger partial charge in [0.1, 0.15) is 11.5 Å². The van der Waals surface area contributed by atoms with Gasteiger partial charge in [0.15, 0.2) is 0 Å². The molecule has 0 spiro atoms. The van der Waals surface area contributed by atoms with Crippen LogP contribution in [0.2, 0.25) is 0 Å². The smallest absolute Gasteiger partial charge is 0.253 e. The van der Waals surface area contributed by atoms with Gasteiger partial charge >= 0.3 is 0 Å². The van der Waals surface area contributed by atoms with Gasteiger partial charge in [-0.3, -0.25) is 4.79 Å². The molecule has 0 aromatic heterocycles. The Kier molecular flexibility index (Phi) is 6.61. The molecule has 1 atom stereocenters. The highest BCUT2D eigenvalue weighted by Gasteiger charge is 2.17. The number of carbonyl (C=O) groups is 1. The van der Waals surface area contributed by atoms with Crippen molar-refractivity contribution in [2.45, 2.75) is 5.38 Å². The summed E-state index contributed by atoms with van der Waals surface area (Å²) in [5.74, 6) is 0.991. The highest BCUT2D eigenvalue weighted by atomic mass is 35.5. The molecule has 0 saturated carbocycles. The van der Waals surface area contributed by atoms with Crippen LogP contribution in [0.4, 0.5) is 0 Å². The molecule has 1 unspecified atom stereocenters. The third-order valence-electron chi connectivity index (χ3n) is 2.76. The molecule has 1 rings (SSSR count). The fourth-order valence-electron chi connectivity index (χ4n) is 1.76. The van der Waals surface area contributed by atoms with E-state index in [0.29, 0.717) is 30.2 Å².